The van der Waals surface area contributed by atoms with E-state index in [0.717, 1.165) is 30.5 Å². The molecule has 2 heterocycles. The summed E-state index contributed by atoms with van der Waals surface area (Å²) in [6.07, 6.45) is -1.11. The third-order valence-electron chi connectivity index (χ3n) is 7.28. The first-order chi connectivity index (χ1) is 19.5. The average Bonchev–Trinajstić information content (AvgIpc) is 2.96. The summed E-state index contributed by atoms with van der Waals surface area (Å²) in [5.74, 6) is 0.474. The van der Waals surface area contributed by atoms with Gasteiger partial charge in [-0.15, -0.1) is 0 Å². The molecule has 11 heteroatoms. The second-order valence-electron chi connectivity index (χ2n) is 10.0. The van der Waals surface area contributed by atoms with Gasteiger partial charge in [-0.25, -0.2) is 13.4 Å². The van der Waals surface area contributed by atoms with Crippen molar-refractivity contribution in [2.45, 2.75) is 56.1 Å². The number of halogens is 3. The minimum Gasteiger partial charge on any atom is -0.380 e. The number of nitrogens with one attached hydrogen (secondary N) is 1. The summed E-state index contributed by atoms with van der Waals surface area (Å²) in [5.41, 5.74) is 1.39. The van der Waals surface area contributed by atoms with Gasteiger partial charge in [-0.3, -0.25) is 4.79 Å². The molecule has 1 fully saturated rings. The lowest BCUT2D eigenvalue weighted by molar-refractivity contribution is -0.137. The Morgan fingerprint density at radius 1 is 1.02 bits per heavy atom. The van der Waals surface area contributed by atoms with Crippen molar-refractivity contribution in [3.8, 4) is 0 Å². The molecule has 1 aliphatic rings. The molecule has 1 N–H and O–H groups in total. The van der Waals surface area contributed by atoms with Gasteiger partial charge in [0, 0.05) is 19.1 Å². The summed E-state index contributed by atoms with van der Waals surface area (Å²) < 4.78 is 68.8. The number of aromatic nitrogens is 1. The van der Waals surface area contributed by atoms with Crippen LogP contribution in [-0.4, -0.2) is 50.9 Å². The Kier molecular flexibility index (Phi) is 9.70. The van der Waals surface area contributed by atoms with E-state index in [1.54, 1.807) is 43.5 Å². The zero-order valence-electron chi connectivity index (χ0n) is 23.0. The Hall–Kier alpha value is -3.44. The van der Waals surface area contributed by atoms with Gasteiger partial charge in [-0.1, -0.05) is 31.2 Å². The molecule has 1 unspecified atom stereocenters. The lowest BCUT2D eigenvalue weighted by atomic mass is 9.87. The van der Waals surface area contributed by atoms with Crippen LogP contribution in [0.2, 0.25) is 0 Å². The van der Waals surface area contributed by atoms with Crippen LogP contribution in [0.5, 0.6) is 0 Å². The fourth-order valence-corrected chi connectivity index (χ4v) is 5.84. The van der Waals surface area contributed by atoms with Gasteiger partial charge in [-0.05, 0) is 67.3 Å². The zero-order chi connectivity index (χ0) is 29.6. The van der Waals surface area contributed by atoms with Gasteiger partial charge in [0.15, 0.2) is 9.84 Å². The van der Waals surface area contributed by atoms with E-state index < -0.39 is 21.6 Å². The van der Waals surface area contributed by atoms with E-state index in [9.17, 15) is 26.4 Å². The highest BCUT2D eigenvalue weighted by Gasteiger charge is 2.32. The molecule has 1 amide bonds. The van der Waals surface area contributed by atoms with Crippen LogP contribution in [0, 0.1) is 0 Å². The monoisotopic (exact) mass is 589 g/mol. The van der Waals surface area contributed by atoms with E-state index >= 15 is 0 Å². The maximum atomic E-state index is 13.0. The summed E-state index contributed by atoms with van der Waals surface area (Å²) in [5, 5.41) is 2.82. The molecule has 1 aromatic heterocycles. The standard InChI is InChI=1S/C30H34F3N3O4S/c1-3-40-20-26-13-9-23(22-7-10-24(11-8-22)30(31,32)33)19-36(26)28-16-12-25(18-34-28)35-29(37)17-21-5-14-27(15-6-21)41(38,39)4-2/h5-8,10-12,14-16,18,23,26H,3-4,9,13,17,19-20H2,1-2H3,(H,35,37)/t23?,26-/m0/s1. The third kappa shape index (κ3) is 7.85. The van der Waals surface area contributed by atoms with Gasteiger partial charge in [0.05, 0.1) is 47.2 Å². The summed E-state index contributed by atoms with van der Waals surface area (Å²) in [6.45, 7) is 5.16. The van der Waals surface area contributed by atoms with Crippen LogP contribution in [0.3, 0.4) is 0 Å². The van der Waals surface area contributed by atoms with Gasteiger partial charge < -0.3 is 15.0 Å². The molecule has 0 saturated carbocycles. The predicted molar refractivity (Wildman–Crippen MR) is 152 cm³/mol. The van der Waals surface area contributed by atoms with Crippen molar-refractivity contribution >= 4 is 27.2 Å². The van der Waals surface area contributed by atoms with E-state index in [-0.39, 0.29) is 34.9 Å². The summed E-state index contributed by atoms with van der Waals surface area (Å²) in [4.78, 5) is 19.5. The predicted octanol–water partition coefficient (Wildman–Crippen LogP) is 5.86. The SMILES string of the molecule is CCOC[C@@H]1CCC(c2ccc(C(F)(F)F)cc2)CN1c1ccc(NC(=O)Cc2ccc(S(=O)(=O)CC)cc2)cn1. The van der Waals surface area contributed by atoms with E-state index in [4.69, 9.17) is 4.74 Å². The van der Waals surface area contributed by atoms with Crippen LogP contribution in [0.4, 0.5) is 24.7 Å². The van der Waals surface area contributed by atoms with Gasteiger partial charge in [0.25, 0.3) is 0 Å². The van der Waals surface area contributed by atoms with Crippen molar-refractivity contribution in [1.29, 1.82) is 0 Å². The van der Waals surface area contributed by atoms with Crippen LogP contribution in [0.15, 0.2) is 71.8 Å². The number of carbonyl (C=O) groups is 1. The Bertz CT molecular complexity index is 1410. The van der Waals surface area contributed by atoms with Crippen molar-refractivity contribution in [3.63, 3.8) is 0 Å². The number of piperidine rings is 1. The van der Waals surface area contributed by atoms with Gasteiger partial charge in [0.2, 0.25) is 5.91 Å². The van der Waals surface area contributed by atoms with E-state index in [1.807, 2.05) is 13.0 Å². The molecule has 0 aliphatic carbocycles. The second-order valence-corrected chi connectivity index (χ2v) is 12.3. The Morgan fingerprint density at radius 2 is 1.73 bits per heavy atom. The number of anilines is 2. The van der Waals surface area contributed by atoms with E-state index in [1.165, 1.54) is 12.1 Å². The average molecular weight is 590 g/mol. The number of rotatable bonds is 10. The minimum atomic E-state index is -4.37. The quantitative estimate of drug-likeness (QED) is 0.319. The fourth-order valence-electron chi connectivity index (χ4n) is 4.95. The molecule has 7 nitrogen and oxygen atoms in total. The topological polar surface area (TPSA) is 88.6 Å². The van der Waals surface area contributed by atoms with E-state index in [2.05, 4.69) is 15.2 Å². The van der Waals surface area contributed by atoms with Gasteiger partial charge in [-0.2, -0.15) is 13.2 Å². The molecule has 41 heavy (non-hydrogen) atoms. The summed E-state index contributed by atoms with van der Waals surface area (Å²) in [6, 6.07) is 15.3. The molecule has 0 radical (unpaired) electrons. The lowest BCUT2D eigenvalue weighted by Gasteiger charge is -2.40. The number of nitrogens with zero attached hydrogens (tertiary/aromatic N) is 2. The van der Waals surface area contributed by atoms with Gasteiger partial charge >= 0.3 is 6.18 Å². The summed E-state index contributed by atoms with van der Waals surface area (Å²) in [7, 11) is -3.30. The van der Waals surface area contributed by atoms with Crippen molar-refractivity contribution in [2.75, 3.05) is 35.7 Å². The van der Waals surface area contributed by atoms with Crippen molar-refractivity contribution in [3.05, 3.63) is 83.6 Å². The molecular weight excluding hydrogens is 555 g/mol. The molecule has 2 aromatic carbocycles. The first-order valence-electron chi connectivity index (χ1n) is 13.6. The molecule has 1 aliphatic heterocycles. The van der Waals surface area contributed by atoms with E-state index in [0.29, 0.717) is 36.8 Å². The number of ether oxygens (including phenoxy) is 1. The highest BCUT2D eigenvalue weighted by molar-refractivity contribution is 7.91. The first-order valence-corrected chi connectivity index (χ1v) is 15.2. The van der Waals surface area contributed by atoms with Crippen LogP contribution < -0.4 is 10.2 Å². The third-order valence-corrected chi connectivity index (χ3v) is 9.03. The van der Waals surface area contributed by atoms with Crippen molar-refractivity contribution in [1.82, 2.24) is 4.98 Å². The first kappa shape index (κ1) is 30.5. The van der Waals surface area contributed by atoms with Crippen LogP contribution in [0.25, 0.3) is 0 Å². The number of hydrogen-bond donors (Lipinski definition) is 1. The number of benzene rings is 2. The molecule has 220 valence electrons. The number of amides is 1. The molecule has 3 aromatic rings. The van der Waals surface area contributed by atoms with Crippen LogP contribution in [0.1, 0.15) is 49.3 Å². The smallest absolute Gasteiger partial charge is 0.380 e. The zero-order valence-corrected chi connectivity index (χ0v) is 23.8. The van der Waals surface area contributed by atoms with Crippen LogP contribution >= 0.6 is 0 Å². The van der Waals surface area contributed by atoms with Gasteiger partial charge in [0.1, 0.15) is 5.82 Å². The minimum absolute atomic E-state index is 0.00927. The van der Waals surface area contributed by atoms with Crippen molar-refractivity contribution in [2.24, 2.45) is 0 Å². The number of carbonyl (C=O) groups excluding carboxylic acids is 1. The van der Waals surface area contributed by atoms with Crippen LogP contribution in [-0.2, 0) is 32.0 Å². The Balaban J connectivity index is 1.42. The largest absolute Gasteiger partial charge is 0.416 e. The maximum absolute atomic E-state index is 13.0. The number of pyridine rings is 1. The molecule has 1 saturated heterocycles. The molecule has 4 rings (SSSR count). The molecule has 0 bridgehead atoms. The van der Waals surface area contributed by atoms with Crippen molar-refractivity contribution < 1.29 is 31.1 Å². The lowest BCUT2D eigenvalue weighted by Crippen LogP contribution is -2.45. The molecule has 2 atom stereocenters. The summed E-state index contributed by atoms with van der Waals surface area (Å²) >= 11 is 0. The Labute approximate surface area is 238 Å². The molecular formula is C30H34F3N3O4S. The number of hydrogen-bond acceptors (Lipinski definition) is 6. The number of alkyl halides is 3. The fraction of sp³-hybridized carbons (Fsp3) is 0.400. The normalized spacial score (nSPS) is 17.8. The number of sulfone groups is 1. The second kappa shape index (κ2) is 13.0. The molecule has 0 spiro atoms. The highest BCUT2D eigenvalue weighted by Crippen LogP contribution is 2.35. The Morgan fingerprint density at radius 3 is 2.32 bits per heavy atom. The maximum Gasteiger partial charge on any atom is 0.416 e. The highest BCUT2D eigenvalue weighted by atomic mass is 32.2.